The molecule has 1 aliphatic carbocycles. The van der Waals surface area contributed by atoms with E-state index in [1.165, 1.54) is 36.0 Å². The Morgan fingerprint density at radius 1 is 1.29 bits per heavy atom. The van der Waals surface area contributed by atoms with E-state index in [-0.39, 0.29) is 0 Å². The highest BCUT2D eigenvalue weighted by Crippen LogP contribution is 2.42. The molecular weight excluding hydrogens is 236 g/mol. The van der Waals surface area contributed by atoms with Gasteiger partial charge in [-0.15, -0.1) is 0 Å². The maximum atomic E-state index is 3.77. The predicted octanol–water partition coefficient (Wildman–Crippen LogP) is 4.71. The number of allylic oxidation sites excluding steroid dienone is 1. The lowest BCUT2D eigenvalue weighted by Crippen LogP contribution is -1.89. The first kappa shape index (κ1) is 9.97. The van der Waals surface area contributed by atoms with Crippen molar-refractivity contribution >= 4 is 22.0 Å². The minimum Gasteiger partial charge on any atom is -0.0790 e. The first-order valence-electron chi connectivity index (χ1n) is 5.26. The third-order valence-corrected chi connectivity index (χ3v) is 3.84. The van der Waals surface area contributed by atoms with Crippen LogP contribution in [0, 0.1) is 0 Å². The van der Waals surface area contributed by atoms with Crippen LogP contribution < -0.4 is 0 Å². The minimum absolute atomic E-state index is 0.463. The SMILES string of the molecule is CCCCC1=Cc2ccccc2C1Br. The fourth-order valence-electron chi connectivity index (χ4n) is 1.93. The molecule has 14 heavy (non-hydrogen) atoms. The Morgan fingerprint density at radius 2 is 2.07 bits per heavy atom. The van der Waals surface area contributed by atoms with Gasteiger partial charge in [0, 0.05) is 0 Å². The summed E-state index contributed by atoms with van der Waals surface area (Å²) in [5, 5.41) is 0. The summed E-state index contributed by atoms with van der Waals surface area (Å²) < 4.78 is 0. The largest absolute Gasteiger partial charge is 0.0790 e. The van der Waals surface area contributed by atoms with Crippen molar-refractivity contribution in [2.75, 3.05) is 0 Å². The van der Waals surface area contributed by atoms with E-state index >= 15 is 0 Å². The molecule has 2 rings (SSSR count). The summed E-state index contributed by atoms with van der Waals surface area (Å²) in [4.78, 5) is 0.463. The summed E-state index contributed by atoms with van der Waals surface area (Å²) in [6.07, 6.45) is 6.13. The van der Waals surface area contributed by atoms with Crippen molar-refractivity contribution in [2.24, 2.45) is 0 Å². The molecule has 1 heteroatoms. The summed E-state index contributed by atoms with van der Waals surface area (Å²) in [5.41, 5.74) is 4.35. The number of rotatable bonds is 3. The summed E-state index contributed by atoms with van der Waals surface area (Å²) in [6.45, 7) is 2.24. The van der Waals surface area contributed by atoms with E-state index in [0.717, 1.165) is 0 Å². The van der Waals surface area contributed by atoms with Gasteiger partial charge in [0.05, 0.1) is 4.83 Å². The maximum absolute atomic E-state index is 3.77. The van der Waals surface area contributed by atoms with Crippen LogP contribution in [0.4, 0.5) is 0 Å². The van der Waals surface area contributed by atoms with Crippen molar-refractivity contribution in [3.05, 3.63) is 41.0 Å². The maximum Gasteiger partial charge on any atom is 0.0613 e. The molecule has 0 fully saturated rings. The molecule has 0 bridgehead atoms. The molecule has 1 unspecified atom stereocenters. The first-order valence-corrected chi connectivity index (χ1v) is 6.18. The molecular formula is C13H15Br. The summed E-state index contributed by atoms with van der Waals surface area (Å²) in [6, 6.07) is 8.63. The van der Waals surface area contributed by atoms with E-state index in [0.29, 0.717) is 4.83 Å². The van der Waals surface area contributed by atoms with Gasteiger partial charge in [-0.2, -0.15) is 0 Å². The van der Waals surface area contributed by atoms with Gasteiger partial charge in [0.25, 0.3) is 0 Å². The van der Waals surface area contributed by atoms with E-state index in [4.69, 9.17) is 0 Å². The van der Waals surface area contributed by atoms with Gasteiger partial charge < -0.3 is 0 Å². The zero-order valence-corrected chi connectivity index (χ0v) is 10.0. The molecule has 1 aromatic rings. The molecule has 1 aromatic carbocycles. The van der Waals surface area contributed by atoms with Crippen LogP contribution in [-0.4, -0.2) is 0 Å². The lowest BCUT2D eigenvalue weighted by molar-refractivity contribution is 0.778. The Bertz CT molecular complexity index is 352. The molecule has 1 aliphatic rings. The third kappa shape index (κ3) is 1.78. The summed E-state index contributed by atoms with van der Waals surface area (Å²) in [7, 11) is 0. The van der Waals surface area contributed by atoms with Gasteiger partial charge in [0.1, 0.15) is 0 Å². The molecule has 0 aromatic heterocycles. The zero-order valence-electron chi connectivity index (χ0n) is 8.46. The Kier molecular flexibility index (Phi) is 3.07. The monoisotopic (exact) mass is 250 g/mol. The van der Waals surface area contributed by atoms with Crippen molar-refractivity contribution in [3.8, 4) is 0 Å². The van der Waals surface area contributed by atoms with E-state index in [9.17, 15) is 0 Å². The Morgan fingerprint density at radius 3 is 2.79 bits per heavy atom. The second-order valence-electron chi connectivity index (χ2n) is 3.81. The average molecular weight is 251 g/mol. The van der Waals surface area contributed by atoms with Crippen LogP contribution >= 0.6 is 15.9 Å². The fraction of sp³-hybridized carbons (Fsp3) is 0.385. The quantitative estimate of drug-likeness (QED) is 0.682. The van der Waals surface area contributed by atoms with E-state index in [2.05, 4.69) is 53.2 Å². The van der Waals surface area contributed by atoms with Gasteiger partial charge in [-0.1, -0.05) is 65.2 Å². The summed E-state index contributed by atoms with van der Waals surface area (Å²) in [5.74, 6) is 0. The highest BCUT2D eigenvalue weighted by Gasteiger charge is 2.21. The van der Waals surface area contributed by atoms with Crippen molar-refractivity contribution in [1.82, 2.24) is 0 Å². The Labute approximate surface area is 94.2 Å². The Balaban J connectivity index is 2.19. The lowest BCUT2D eigenvalue weighted by atomic mass is 10.1. The van der Waals surface area contributed by atoms with E-state index < -0.39 is 0 Å². The molecule has 0 nitrogen and oxygen atoms in total. The van der Waals surface area contributed by atoms with Gasteiger partial charge in [-0.3, -0.25) is 0 Å². The van der Waals surface area contributed by atoms with Crippen molar-refractivity contribution in [2.45, 2.75) is 31.0 Å². The molecule has 74 valence electrons. The number of benzene rings is 1. The molecule has 0 aliphatic heterocycles. The van der Waals surface area contributed by atoms with Crippen LogP contribution in [0.15, 0.2) is 29.8 Å². The Hall–Kier alpha value is -0.560. The molecule has 0 heterocycles. The lowest BCUT2D eigenvalue weighted by Gasteiger charge is -2.08. The third-order valence-electron chi connectivity index (χ3n) is 2.75. The highest BCUT2D eigenvalue weighted by molar-refractivity contribution is 9.09. The van der Waals surface area contributed by atoms with Crippen molar-refractivity contribution < 1.29 is 0 Å². The first-order chi connectivity index (χ1) is 6.83. The van der Waals surface area contributed by atoms with Crippen LogP contribution in [0.1, 0.15) is 42.1 Å². The highest BCUT2D eigenvalue weighted by atomic mass is 79.9. The zero-order chi connectivity index (χ0) is 9.97. The van der Waals surface area contributed by atoms with Gasteiger partial charge >= 0.3 is 0 Å². The number of unbranched alkanes of at least 4 members (excludes halogenated alkanes) is 1. The predicted molar refractivity (Wildman–Crippen MR) is 65.6 cm³/mol. The van der Waals surface area contributed by atoms with E-state index in [1.54, 1.807) is 0 Å². The molecule has 0 radical (unpaired) electrons. The van der Waals surface area contributed by atoms with Gasteiger partial charge in [0.2, 0.25) is 0 Å². The number of hydrogen-bond acceptors (Lipinski definition) is 0. The number of halogens is 1. The number of hydrogen-bond donors (Lipinski definition) is 0. The smallest absolute Gasteiger partial charge is 0.0613 e. The van der Waals surface area contributed by atoms with Crippen LogP contribution in [-0.2, 0) is 0 Å². The van der Waals surface area contributed by atoms with Gasteiger partial charge in [0.15, 0.2) is 0 Å². The second-order valence-corrected chi connectivity index (χ2v) is 4.73. The van der Waals surface area contributed by atoms with Crippen LogP contribution in [0.3, 0.4) is 0 Å². The standard InChI is InChI=1S/C13H15Br/c1-2-3-6-11-9-10-7-4-5-8-12(10)13(11)14/h4-5,7-9,13H,2-3,6H2,1H3. The summed E-state index contributed by atoms with van der Waals surface area (Å²) >= 11 is 3.77. The van der Waals surface area contributed by atoms with Gasteiger partial charge in [-0.25, -0.2) is 0 Å². The van der Waals surface area contributed by atoms with Crippen LogP contribution in [0.25, 0.3) is 6.08 Å². The molecule has 0 spiro atoms. The number of fused-ring (bicyclic) bond motifs is 1. The second kappa shape index (κ2) is 4.31. The molecule has 0 amide bonds. The molecule has 1 atom stereocenters. The number of alkyl halides is 1. The molecule has 0 saturated carbocycles. The molecule has 0 saturated heterocycles. The fourth-order valence-corrected chi connectivity index (χ4v) is 2.70. The average Bonchev–Trinajstić information content (AvgIpc) is 2.54. The van der Waals surface area contributed by atoms with Crippen molar-refractivity contribution in [3.63, 3.8) is 0 Å². The van der Waals surface area contributed by atoms with E-state index in [1.807, 2.05) is 0 Å². The van der Waals surface area contributed by atoms with Gasteiger partial charge in [-0.05, 0) is 24.0 Å². The molecule has 0 N–H and O–H groups in total. The topological polar surface area (TPSA) is 0 Å². The normalized spacial score (nSPS) is 19.3. The minimum atomic E-state index is 0.463. The van der Waals surface area contributed by atoms with Crippen LogP contribution in [0.5, 0.6) is 0 Å². The van der Waals surface area contributed by atoms with Crippen molar-refractivity contribution in [1.29, 1.82) is 0 Å². The van der Waals surface area contributed by atoms with Crippen LogP contribution in [0.2, 0.25) is 0 Å².